The highest BCUT2D eigenvalue weighted by molar-refractivity contribution is 4.97. The van der Waals surface area contributed by atoms with Crippen molar-refractivity contribution in [3.05, 3.63) is 17.7 Å². The fourth-order valence-corrected chi connectivity index (χ4v) is 1.04. The number of rotatable bonds is 4. The summed E-state index contributed by atoms with van der Waals surface area (Å²) < 4.78 is 0. The Labute approximate surface area is 94.7 Å². The van der Waals surface area contributed by atoms with Gasteiger partial charge in [-0.15, -0.1) is 0 Å². The van der Waals surface area contributed by atoms with Gasteiger partial charge in [0.2, 0.25) is 0 Å². The van der Waals surface area contributed by atoms with Crippen molar-refractivity contribution in [1.29, 1.82) is 0 Å². The zero-order valence-electron chi connectivity index (χ0n) is 10.0. The van der Waals surface area contributed by atoms with Gasteiger partial charge in [0.15, 0.2) is 0 Å². The van der Waals surface area contributed by atoms with Crippen molar-refractivity contribution >= 4 is 0 Å². The molecule has 3 nitrogen and oxygen atoms in total. The monoisotopic (exact) mass is 213 g/mol. The minimum Gasteiger partial charge on any atom is -0.345 e. The summed E-state index contributed by atoms with van der Waals surface area (Å²) in [5.74, 6) is 1.72. The molecule has 1 heterocycles. The highest BCUT2D eigenvalue weighted by Gasteiger charge is 1.97. The van der Waals surface area contributed by atoms with E-state index in [0.717, 1.165) is 24.6 Å². The fraction of sp³-hybridized carbons (Fsp3) is 0.750. The highest BCUT2D eigenvalue weighted by Crippen LogP contribution is 1.94. The molecule has 0 spiro atoms. The van der Waals surface area contributed by atoms with Gasteiger partial charge in [0, 0.05) is 11.9 Å². The molecule has 0 radical (unpaired) electrons. The molecule has 2 N–H and O–H groups in total. The van der Waals surface area contributed by atoms with Crippen LogP contribution in [-0.4, -0.2) is 16.5 Å². The number of hydrogen-bond donors (Lipinski definition) is 2. The number of aryl methyl sites for hydroxylation is 1. The zero-order valence-corrected chi connectivity index (χ0v) is 10.0. The third-order valence-corrected chi connectivity index (χ3v) is 1.60. The van der Waals surface area contributed by atoms with Gasteiger partial charge in [-0.2, -0.15) is 0 Å². The van der Waals surface area contributed by atoms with Crippen LogP contribution in [0.3, 0.4) is 0 Å². The van der Waals surface area contributed by atoms with Crippen LogP contribution in [0, 0.1) is 12.8 Å². The topological polar surface area (TPSA) is 40.7 Å². The smallest absolute Gasteiger partial charge is 0.120 e. The van der Waals surface area contributed by atoms with E-state index in [2.05, 4.69) is 29.1 Å². The largest absolute Gasteiger partial charge is 0.345 e. The first-order valence-electron chi connectivity index (χ1n) is 5.39. The van der Waals surface area contributed by atoms with E-state index in [1.165, 1.54) is 0 Å². The van der Waals surface area contributed by atoms with Crippen molar-refractivity contribution in [2.45, 2.75) is 48.6 Å². The van der Waals surface area contributed by atoms with Crippen molar-refractivity contribution in [2.75, 3.05) is 6.54 Å². The molecular weight excluding hydrogens is 186 g/mol. The van der Waals surface area contributed by atoms with Gasteiger partial charge < -0.3 is 10.3 Å². The lowest BCUT2D eigenvalue weighted by Gasteiger charge is -2.04. The van der Waals surface area contributed by atoms with Crippen LogP contribution in [0.25, 0.3) is 0 Å². The normalized spacial score (nSPS) is 9.20. The third-order valence-electron chi connectivity index (χ3n) is 1.60. The number of H-pyrrole nitrogens is 1. The molecule has 90 valence electrons. The summed E-state index contributed by atoms with van der Waals surface area (Å²) in [6.45, 7) is 12.3. The van der Waals surface area contributed by atoms with Crippen molar-refractivity contribution in [3.63, 3.8) is 0 Å². The third kappa shape index (κ3) is 8.18. The Bertz CT molecular complexity index is 229. The second kappa shape index (κ2) is 9.71. The first-order valence-corrected chi connectivity index (χ1v) is 5.39. The van der Waals surface area contributed by atoms with Gasteiger partial charge in [-0.1, -0.05) is 35.1 Å². The van der Waals surface area contributed by atoms with E-state index in [1.54, 1.807) is 0 Å². The highest BCUT2D eigenvalue weighted by atomic mass is 15.0. The van der Waals surface area contributed by atoms with Crippen LogP contribution in [0.15, 0.2) is 6.20 Å². The van der Waals surface area contributed by atoms with Crippen LogP contribution in [0.5, 0.6) is 0 Å². The molecular formula is C12H27N3. The molecule has 0 aliphatic carbocycles. The summed E-state index contributed by atoms with van der Waals surface area (Å²) in [6.07, 6.45) is 1.85. The Hall–Kier alpha value is -0.830. The SMILES string of the molecule is C.CC.Cc1cnc(CNCC(C)C)[nH]1. The van der Waals surface area contributed by atoms with Gasteiger partial charge in [0.25, 0.3) is 0 Å². The first kappa shape index (κ1) is 16.6. The summed E-state index contributed by atoms with van der Waals surface area (Å²) in [5.41, 5.74) is 1.12. The van der Waals surface area contributed by atoms with E-state index in [9.17, 15) is 0 Å². The molecule has 0 atom stereocenters. The lowest BCUT2D eigenvalue weighted by molar-refractivity contribution is 0.544. The number of aromatic amines is 1. The molecule has 15 heavy (non-hydrogen) atoms. The van der Waals surface area contributed by atoms with Crippen LogP contribution < -0.4 is 5.32 Å². The van der Waals surface area contributed by atoms with Crippen molar-refractivity contribution in [3.8, 4) is 0 Å². The Kier molecular flexibility index (Phi) is 10.7. The number of hydrogen-bond acceptors (Lipinski definition) is 2. The van der Waals surface area contributed by atoms with E-state index >= 15 is 0 Å². The number of aromatic nitrogens is 2. The average Bonchev–Trinajstić information content (AvgIpc) is 2.54. The molecule has 1 aromatic rings. The van der Waals surface area contributed by atoms with Crippen molar-refractivity contribution in [1.82, 2.24) is 15.3 Å². The summed E-state index contributed by atoms with van der Waals surface area (Å²) in [7, 11) is 0. The molecule has 0 fully saturated rings. The molecule has 0 saturated carbocycles. The van der Waals surface area contributed by atoms with E-state index < -0.39 is 0 Å². The fourth-order valence-electron chi connectivity index (χ4n) is 1.04. The molecule has 0 bridgehead atoms. The molecule has 3 heteroatoms. The molecule has 1 rings (SSSR count). The first-order chi connectivity index (χ1) is 6.68. The minimum atomic E-state index is 0. The maximum Gasteiger partial charge on any atom is 0.120 e. The standard InChI is InChI=1S/C9H17N3.C2H6.CH4/c1-7(2)4-10-6-9-11-5-8(3)12-9;1-2;/h5,7,10H,4,6H2,1-3H3,(H,11,12);1-2H3;1H4. The molecule has 0 aliphatic heterocycles. The van der Waals surface area contributed by atoms with Gasteiger partial charge in [0.05, 0.1) is 6.54 Å². The van der Waals surface area contributed by atoms with Crippen LogP contribution in [0.4, 0.5) is 0 Å². The Morgan fingerprint density at radius 1 is 1.40 bits per heavy atom. The van der Waals surface area contributed by atoms with E-state index in [4.69, 9.17) is 0 Å². The molecule has 1 aromatic heterocycles. The Morgan fingerprint density at radius 3 is 2.40 bits per heavy atom. The Balaban J connectivity index is 0. The number of imidazole rings is 1. The predicted octanol–water partition coefficient (Wildman–Crippen LogP) is 3.13. The average molecular weight is 213 g/mol. The minimum absolute atomic E-state index is 0. The number of nitrogens with one attached hydrogen (secondary N) is 2. The maximum atomic E-state index is 4.19. The molecule has 0 aliphatic rings. The van der Waals surface area contributed by atoms with E-state index in [0.29, 0.717) is 5.92 Å². The molecule has 0 saturated heterocycles. The van der Waals surface area contributed by atoms with Gasteiger partial charge in [-0.25, -0.2) is 4.98 Å². The van der Waals surface area contributed by atoms with Crippen molar-refractivity contribution < 1.29 is 0 Å². The van der Waals surface area contributed by atoms with Crippen LogP contribution >= 0.6 is 0 Å². The second-order valence-corrected chi connectivity index (χ2v) is 3.54. The zero-order chi connectivity index (χ0) is 11.0. The predicted molar refractivity (Wildman–Crippen MR) is 67.9 cm³/mol. The Morgan fingerprint density at radius 2 is 2.00 bits per heavy atom. The van der Waals surface area contributed by atoms with Crippen molar-refractivity contribution in [2.24, 2.45) is 5.92 Å². The van der Waals surface area contributed by atoms with E-state index in [1.807, 2.05) is 27.0 Å². The molecule has 0 unspecified atom stereocenters. The van der Waals surface area contributed by atoms with Gasteiger partial charge >= 0.3 is 0 Å². The van der Waals surface area contributed by atoms with Crippen LogP contribution in [0.2, 0.25) is 0 Å². The summed E-state index contributed by atoms with van der Waals surface area (Å²) >= 11 is 0. The maximum absolute atomic E-state index is 4.19. The van der Waals surface area contributed by atoms with Crippen LogP contribution in [0.1, 0.15) is 46.6 Å². The summed E-state index contributed by atoms with van der Waals surface area (Å²) in [4.78, 5) is 7.37. The van der Waals surface area contributed by atoms with E-state index in [-0.39, 0.29) is 7.43 Å². The molecule has 0 amide bonds. The molecule has 0 aromatic carbocycles. The quantitative estimate of drug-likeness (QED) is 0.806. The number of nitrogens with zero attached hydrogens (tertiary/aromatic N) is 1. The van der Waals surface area contributed by atoms with Gasteiger partial charge in [-0.05, 0) is 19.4 Å². The lowest BCUT2D eigenvalue weighted by Crippen LogP contribution is -2.19. The van der Waals surface area contributed by atoms with Gasteiger partial charge in [0.1, 0.15) is 5.82 Å². The summed E-state index contributed by atoms with van der Waals surface area (Å²) in [6, 6.07) is 0. The van der Waals surface area contributed by atoms with Crippen LogP contribution in [-0.2, 0) is 6.54 Å². The lowest BCUT2D eigenvalue weighted by atomic mass is 10.2. The second-order valence-electron chi connectivity index (χ2n) is 3.54. The summed E-state index contributed by atoms with van der Waals surface area (Å²) in [5, 5.41) is 3.32. The van der Waals surface area contributed by atoms with Gasteiger partial charge in [-0.3, -0.25) is 0 Å².